The third-order valence-corrected chi connectivity index (χ3v) is 5.79. The van der Waals surface area contributed by atoms with Crippen molar-refractivity contribution in [3.05, 3.63) is 21.9 Å². The minimum atomic E-state index is 0. The van der Waals surface area contributed by atoms with E-state index >= 15 is 0 Å². The third kappa shape index (κ3) is 8.70. The Morgan fingerprint density at radius 3 is 2.60 bits per heavy atom. The quantitative estimate of drug-likeness (QED) is 0.137. The van der Waals surface area contributed by atoms with Gasteiger partial charge in [-0.3, -0.25) is 0 Å². The molecule has 0 spiro atoms. The van der Waals surface area contributed by atoms with Gasteiger partial charge in [-0.1, -0.05) is 39.5 Å². The van der Waals surface area contributed by atoms with Crippen molar-refractivity contribution in [2.75, 3.05) is 19.3 Å². The highest BCUT2D eigenvalue weighted by molar-refractivity contribution is 14.0. The second kappa shape index (κ2) is 14.2. The van der Waals surface area contributed by atoms with Crippen molar-refractivity contribution < 1.29 is 0 Å². The Morgan fingerprint density at radius 2 is 2.00 bits per heavy atom. The Morgan fingerprint density at radius 1 is 1.23 bits per heavy atom. The van der Waals surface area contributed by atoms with E-state index in [4.69, 9.17) is 0 Å². The van der Waals surface area contributed by atoms with Gasteiger partial charge in [0.2, 0.25) is 0 Å². The molecule has 0 saturated carbocycles. The average molecular weight is 566 g/mol. The molecule has 0 aliphatic carbocycles. The molecule has 2 aromatic rings. The molecule has 30 heavy (non-hydrogen) atoms. The maximum Gasteiger partial charge on any atom is 0.191 e. The summed E-state index contributed by atoms with van der Waals surface area (Å²) in [5, 5.41) is 19.6. The first-order valence-electron chi connectivity index (χ1n) is 10.4. The number of aromatic nitrogens is 4. The van der Waals surface area contributed by atoms with E-state index in [-0.39, 0.29) is 24.0 Å². The molecule has 0 unspecified atom stereocenters. The van der Waals surface area contributed by atoms with E-state index in [0.29, 0.717) is 18.4 Å². The van der Waals surface area contributed by atoms with E-state index < -0.39 is 0 Å². The number of guanidine groups is 1. The first-order valence-corrected chi connectivity index (χ1v) is 12.5. The largest absolute Gasteiger partial charge is 0.357 e. The lowest BCUT2D eigenvalue weighted by molar-refractivity contribution is 0.477. The van der Waals surface area contributed by atoms with Gasteiger partial charge in [-0.25, -0.2) is 9.98 Å². The van der Waals surface area contributed by atoms with Crippen LogP contribution in [0.1, 0.15) is 63.5 Å². The molecule has 0 atom stereocenters. The van der Waals surface area contributed by atoms with Gasteiger partial charge >= 0.3 is 0 Å². The summed E-state index contributed by atoms with van der Waals surface area (Å²) in [7, 11) is 0. The normalized spacial score (nSPS) is 11.8. The number of hydrogen-bond acceptors (Lipinski definition) is 6. The third-order valence-electron chi connectivity index (χ3n) is 4.27. The summed E-state index contributed by atoms with van der Waals surface area (Å²) >= 11 is 3.34. The van der Waals surface area contributed by atoms with Crippen LogP contribution in [0.4, 0.5) is 0 Å². The molecule has 170 valence electrons. The molecule has 0 fully saturated rings. The fourth-order valence-corrected chi connectivity index (χ4v) is 4.21. The van der Waals surface area contributed by atoms with Crippen LogP contribution in [-0.2, 0) is 19.5 Å². The van der Waals surface area contributed by atoms with Crippen molar-refractivity contribution >= 4 is 53.0 Å². The topological polar surface area (TPSA) is 80.0 Å². The van der Waals surface area contributed by atoms with Crippen LogP contribution >= 0.6 is 47.1 Å². The summed E-state index contributed by atoms with van der Waals surface area (Å²) in [6, 6.07) is 0. The van der Waals surface area contributed by atoms with Crippen molar-refractivity contribution in [2.45, 2.75) is 71.6 Å². The molecule has 2 heterocycles. The molecule has 0 aliphatic heterocycles. The summed E-state index contributed by atoms with van der Waals surface area (Å²) in [5.41, 5.74) is 1.15. The maximum absolute atomic E-state index is 4.68. The van der Waals surface area contributed by atoms with Crippen LogP contribution in [0, 0.1) is 5.92 Å². The van der Waals surface area contributed by atoms with Gasteiger partial charge < -0.3 is 15.2 Å². The summed E-state index contributed by atoms with van der Waals surface area (Å²) in [4.78, 5) is 9.34. The second-order valence-corrected chi connectivity index (χ2v) is 9.37. The van der Waals surface area contributed by atoms with E-state index in [1.807, 2.05) is 0 Å². The zero-order valence-electron chi connectivity index (χ0n) is 18.9. The van der Waals surface area contributed by atoms with Gasteiger partial charge in [-0.15, -0.1) is 45.5 Å². The lowest BCUT2D eigenvalue weighted by atomic mass is 10.2. The lowest BCUT2D eigenvalue weighted by Gasteiger charge is -2.13. The fraction of sp³-hybridized carbons (Fsp3) is 0.700. The molecular weight excluding hydrogens is 529 g/mol. The van der Waals surface area contributed by atoms with E-state index in [2.05, 4.69) is 81.6 Å². The average Bonchev–Trinajstić information content (AvgIpc) is 3.30. The number of nitrogens with one attached hydrogen (secondary N) is 2. The summed E-state index contributed by atoms with van der Waals surface area (Å²) in [6.45, 7) is 14.1. The molecule has 0 bridgehead atoms. The highest BCUT2D eigenvalue weighted by Crippen LogP contribution is 2.18. The molecule has 0 amide bonds. The van der Waals surface area contributed by atoms with Crippen molar-refractivity contribution in [3.63, 3.8) is 0 Å². The minimum Gasteiger partial charge on any atom is -0.357 e. The molecule has 7 nitrogen and oxygen atoms in total. The van der Waals surface area contributed by atoms with E-state index in [0.717, 1.165) is 60.1 Å². The summed E-state index contributed by atoms with van der Waals surface area (Å²) in [5.74, 6) is 2.93. The Balaban J connectivity index is 0.00000450. The Kier molecular flexibility index (Phi) is 12.9. The Bertz CT molecular complexity index is 771. The number of aliphatic imine (C=N–C) groups is 1. The van der Waals surface area contributed by atoms with Crippen molar-refractivity contribution in [1.82, 2.24) is 30.4 Å². The predicted molar refractivity (Wildman–Crippen MR) is 139 cm³/mol. The maximum atomic E-state index is 4.68. The van der Waals surface area contributed by atoms with E-state index in [1.54, 1.807) is 23.1 Å². The molecule has 2 N–H and O–H groups in total. The molecular formula is C20H36IN7S2. The second-order valence-electron chi connectivity index (χ2n) is 7.65. The van der Waals surface area contributed by atoms with Crippen LogP contribution < -0.4 is 10.6 Å². The van der Waals surface area contributed by atoms with Gasteiger partial charge in [0.1, 0.15) is 10.8 Å². The number of nitrogens with zero attached hydrogens (tertiary/aromatic N) is 5. The summed E-state index contributed by atoms with van der Waals surface area (Å²) in [6.07, 6.45) is 3.93. The number of aryl methyl sites for hydroxylation is 1. The standard InChI is InChI=1S/C20H35N7S2.HI/c1-7-21-19(23-11-18-24-16(13-29-18)15(4)5)22-10-8-9-17-25-26-20(28-6)27(17)12-14(2)3;/h13-15H,7-12H2,1-6H3,(H2,21,22,23);1H. The molecule has 2 rings (SSSR count). The molecule has 10 heteroatoms. The van der Waals surface area contributed by atoms with E-state index in [9.17, 15) is 0 Å². The smallest absolute Gasteiger partial charge is 0.191 e. The molecule has 0 radical (unpaired) electrons. The van der Waals surface area contributed by atoms with Crippen LogP contribution in [0.25, 0.3) is 0 Å². The minimum absolute atomic E-state index is 0. The number of thioether (sulfide) groups is 1. The van der Waals surface area contributed by atoms with Crippen molar-refractivity contribution in [1.29, 1.82) is 0 Å². The van der Waals surface area contributed by atoms with Crippen LogP contribution in [0.5, 0.6) is 0 Å². The SMILES string of the molecule is CCNC(=NCc1nc(C(C)C)cs1)NCCCc1nnc(SC)n1CC(C)C.I. The monoisotopic (exact) mass is 565 g/mol. The van der Waals surface area contributed by atoms with Gasteiger partial charge in [0.25, 0.3) is 0 Å². The van der Waals surface area contributed by atoms with Gasteiger partial charge in [0.05, 0.1) is 12.2 Å². The van der Waals surface area contributed by atoms with Crippen LogP contribution in [-0.4, -0.2) is 45.1 Å². The molecule has 0 saturated heterocycles. The molecule has 2 aromatic heterocycles. The fourth-order valence-electron chi connectivity index (χ4n) is 2.81. The van der Waals surface area contributed by atoms with Gasteiger partial charge in [0.15, 0.2) is 11.1 Å². The van der Waals surface area contributed by atoms with Crippen LogP contribution in [0.2, 0.25) is 0 Å². The van der Waals surface area contributed by atoms with Gasteiger partial charge in [0, 0.05) is 31.4 Å². The lowest BCUT2D eigenvalue weighted by Crippen LogP contribution is -2.37. The van der Waals surface area contributed by atoms with Crippen molar-refractivity contribution in [2.24, 2.45) is 10.9 Å². The Hall–Kier alpha value is -0.880. The first-order chi connectivity index (χ1) is 13.9. The molecule has 0 aromatic carbocycles. The Labute approximate surface area is 206 Å². The number of rotatable bonds is 11. The van der Waals surface area contributed by atoms with Crippen molar-refractivity contribution in [3.8, 4) is 0 Å². The highest BCUT2D eigenvalue weighted by atomic mass is 127. The van der Waals surface area contributed by atoms with Crippen LogP contribution in [0.15, 0.2) is 15.5 Å². The van der Waals surface area contributed by atoms with E-state index in [1.165, 1.54) is 0 Å². The first kappa shape index (κ1) is 27.2. The number of hydrogen-bond donors (Lipinski definition) is 2. The van der Waals surface area contributed by atoms with Crippen LogP contribution in [0.3, 0.4) is 0 Å². The van der Waals surface area contributed by atoms with Gasteiger partial charge in [-0.05, 0) is 31.4 Å². The summed E-state index contributed by atoms with van der Waals surface area (Å²) < 4.78 is 2.25. The number of halogens is 1. The molecule has 0 aliphatic rings. The van der Waals surface area contributed by atoms with Gasteiger partial charge in [-0.2, -0.15) is 0 Å². The number of thiazole rings is 1. The predicted octanol–water partition coefficient (Wildman–Crippen LogP) is 4.54. The highest BCUT2D eigenvalue weighted by Gasteiger charge is 2.12. The zero-order valence-corrected chi connectivity index (χ0v) is 22.9. The zero-order chi connectivity index (χ0) is 21.2.